The van der Waals surface area contributed by atoms with Crippen molar-refractivity contribution in [3.63, 3.8) is 0 Å². The SMILES string of the molecule is O=C1N(c2ccc(F)cc2)[C@@H]2CS(=O)(=O)C[C@H]2N1c1cccc(Cl)c1. The number of anilines is 2. The molecular formula is C17H14ClFN2O3S. The highest BCUT2D eigenvalue weighted by atomic mass is 35.5. The molecule has 0 aliphatic carbocycles. The molecule has 2 aromatic carbocycles. The summed E-state index contributed by atoms with van der Waals surface area (Å²) in [6.45, 7) is 0. The second kappa shape index (κ2) is 5.71. The molecule has 2 aromatic rings. The van der Waals surface area contributed by atoms with Gasteiger partial charge < -0.3 is 0 Å². The van der Waals surface area contributed by atoms with Crippen molar-refractivity contribution in [3.8, 4) is 0 Å². The minimum Gasteiger partial charge on any atom is -0.288 e. The molecule has 2 amide bonds. The number of carbonyl (C=O) groups excluding carboxylic acids is 1. The molecule has 0 radical (unpaired) electrons. The molecule has 2 saturated heterocycles. The van der Waals surface area contributed by atoms with Crippen LogP contribution in [0.1, 0.15) is 0 Å². The van der Waals surface area contributed by atoms with Crippen molar-refractivity contribution in [1.82, 2.24) is 0 Å². The normalized spacial score (nSPS) is 24.6. The maximum Gasteiger partial charge on any atom is 0.329 e. The molecule has 2 fully saturated rings. The van der Waals surface area contributed by atoms with Gasteiger partial charge >= 0.3 is 6.03 Å². The Morgan fingerprint density at radius 2 is 1.56 bits per heavy atom. The van der Waals surface area contributed by atoms with Crippen molar-refractivity contribution in [2.24, 2.45) is 0 Å². The molecule has 0 unspecified atom stereocenters. The molecule has 130 valence electrons. The summed E-state index contributed by atoms with van der Waals surface area (Å²) in [7, 11) is -3.27. The number of sulfone groups is 1. The smallest absolute Gasteiger partial charge is 0.288 e. The van der Waals surface area contributed by atoms with Crippen LogP contribution in [0, 0.1) is 5.82 Å². The lowest BCUT2D eigenvalue weighted by Crippen LogP contribution is -2.37. The summed E-state index contributed by atoms with van der Waals surface area (Å²) in [4.78, 5) is 16.0. The highest BCUT2D eigenvalue weighted by Crippen LogP contribution is 2.38. The lowest BCUT2D eigenvalue weighted by molar-refractivity contribution is 0.255. The van der Waals surface area contributed by atoms with Crippen LogP contribution in [0.2, 0.25) is 5.02 Å². The number of carbonyl (C=O) groups is 1. The van der Waals surface area contributed by atoms with E-state index < -0.39 is 27.7 Å². The molecule has 2 aliphatic rings. The number of amides is 2. The van der Waals surface area contributed by atoms with Gasteiger partial charge in [0, 0.05) is 16.4 Å². The van der Waals surface area contributed by atoms with Crippen LogP contribution in [-0.2, 0) is 9.84 Å². The predicted molar refractivity (Wildman–Crippen MR) is 94.4 cm³/mol. The Morgan fingerprint density at radius 1 is 0.960 bits per heavy atom. The zero-order valence-electron chi connectivity index (χ0n) is 13.0. The Balaban J connectivity index is 1.81. The molecule has 0 spiro atoms. The number of benzene rings is 2. The average Bonchev–Trinajstić information content (AvgIpc) is 2.97. The van der Waals surface area contributed by atoms with Crippen molar-refractivity contribution in [2.75, 3.05) is 21.3 Å². The first kappa shape index (κ1) is 16.4. The summed E-state index contributed by atoms with van der Waals surface area (Å²) in [5, 5.41) is 0.461. The van der Waals surface area contributed by atoms with E-state index in [0.29, 0.717) is 16.4 Å². The summed E-state index contributed by atoms with van der Waals surface area (Å²) in [5.74, 6) is -0.636. The van der Waals surface area contributed by atoms with Crippen LogP contribution in [0.5, 0.6) is 0 Å². The van der Waals surface area contributed by atoms with Crippen molar-refractivity contribution in [1.29, 1.82) is 0 Å². The van der Waals surface area contributed by atoms with Crippen LogP contribution < -0.4 is 9.80 Å². The third-order valence-electron chi connectivity index (χ3n) is 4.56. The molecule has 5 nitrogen and oxygen atoms in total. The number of hydrogen-bond donors (Lipinski definition) is 0. The largest absolute Gasteiger partial charge is 0.329 e. The maximum atomic E-state index is 13.2. The molecule has 25 heavy (non-hydrogen) atoms. The Labute approximate surface area is 149 Å². The highest BCUT2D eigenvalue weighted by Gasteiger charge is 2.54. The van der Waals surface area contributed by atoms with Gasteiger partial charge in [-0.2, -0.15) is 0 Å². The van der Waals surface area contributed by atoms with E-state index in [1.807, 2.05) is 0 Å². The fraction of sp³-hybridized carbons (Fsp3) is 0.235. The molecule has 2 atom stereocenters. The van der Waals surface area contributed by atoms with Gasteiger partial charge in [0.2, 0.25) is 0 Å². The average molecular weight is 381 g/mol. The van der Waals surface area contributed by atoms with Crippen LogP contribution >= 0.6 is 11.6 Å². The van der Waals surface area contributed by atoms with Gasteiger partial charge in [0.15, 0.2) is 9.84 Å². The van der Waals surface area contributed by atoms with Crippen molar-refractivity contribution >= 4 is 38.8 Å². The Bertz CT molecular complexity index is 949. The van der Waals surface area contributed by atoms with Gasteiger partial charge in [-0.05, 0) is 42.5 Å². The van der Waals surface area contributed by atoms with Crippen LogP contribution in [-0.4, -0.2) is 38.0 Å². The lowest BCUT2D eigenvalue weighted by atomic mass is 10.1. The molecule has 0 N–H and O–H groups in total. The number of hydrogen-bond acceptors (Lipinski definition) is 3. The maximum absolute atomic E-state index is 13.2. The van der Waals surface area contributed by atoms with Crippen molar-refractivity contribution in [2.45, 2.75) is 12.1 Å². The van der Waals surface area contributed by atoms with Crippen LogP contribution in [0.3, 0.4) is 0 Å². The molecular weight excluding hydrogens is 367 g/mol. The molecule has 4 rings (SSSR count). The number of fused-ring (bicyclic) bond motifs is 1. The van der Waals surface area contributed by atoms with Crippen LogP contribution in [0.4, 0.5) is 20.6 Å². The van der Waals surface area contributed by atoms with E-state index in [1.54, 1.807) is 24.3 Å². The van der Waals surface area contributed by atoms with Gasteiger partial charge in [-0.1, -0.05) is 17.7 Å². The van der Waals surface area contributed by atoms with E-state index in [4.69, 9.17) is 11.6 Å². The van der Waals surface area contributed by atoms with Crippen molar-refractivity contribution < 1.29 is 17.6 Å². The minimum atomic E-state index is -3.27. The van der Waals surface area contributed by atoms with E-state index in [9.17, 15) is 17.6 Å². The van der Waals surface area contributed by atoms with Gasteiger partial charge in [0.25, 0.3) is 0 Å². The third kappa shape index (κ3) is 2.77. The Hall–Kier alpha value is -2.12. The van der Waals surface area contributed by atoms with Gasteiger partial charge in [0.1, 0.15) is 5.82 Å². The second-order valence-corrected chi connectivity index (χ2v) is 8.78. The first-order valence-corrected chi connectivity index (χ1v) is 9.90. The van der Waals surface area contributed by atoms with E-state index in [2.05, 4.69) is 0 Å². The first-order valence-electron chi connectivity index (χ1n) is 7.70. The second-order valence-electron chi connectivity index (χ2n) is 6.19. The minimum absolute atomic E-state index is 0.104. The monoisotopic (exact) mass is 380 g/mol. The fourth-order valence-electron chi connectivity index (χ4n) is 3.54. The highest BCUT2D eigenvalue weighted by molar-refractivity contribution is 7.91. The van der Waals surface area contributed by atoms with E-state index in [-0.39, 0.29) is 17.5 Å². The van der Waals surface area contributed by atoms with Crippen LogP contribution in [0.25, 0.3) is 0 Å². The Kier molecular flexibility index (Phi) is 3.73. The first-order chi connectivity index (χ1) is 11.9. The Morgan fingerprint density at radius 3 is 2.16 bits per heavy atom. The predicted octanol–water partition coefficient (Wildman–Crippen LogP) is 3.09. The van der Waals surface area contributed by atoms with Gasteiger partial charge in [-0.25, -0.2) is 17.6 Å². The van der Waals surface area contributed by atoms with Gasteiger partial charge in [-0.15, -0.1) is 0 Å². The topological polar surface area (TPSA) is 57.7 Å². The summed E-state index contributed by atoms with van der Waals surface area (Å²) in [6.07, 6.45) is 0. The standard InChI is InChI=1S/C17H14ClFN2O3S/c18-11-2-1-3-14(8-11)21-16-10-25(23,24)9-15(16)20(17(21)22)13-6-4-12(19)5-7-13/h1-8,15-16H,9-10H2/t15-,16-/m1/s1. The molecule has 0 aromatic heterocycles. The van der Waals surface area contributed by atoms with Gasteiger partial charge in [-0.3, -0.25) is 9.80 Å². The van der Waals surface area contributed by atoms with E-state index >= 15 is 0 Å². The lowest BCUT2D eigenvalue weighted by Gasteiger charge is -2.22. The zero-order valence-corrected chi connectivity index (χ0v) is 14.5. The van der Waals surface area contributed by atoms with E-state index in [1.165, 1.54) is 34.1 Å². The summed E-state index contributed by atoms with van der Waals surface area (Å²) in [5.41, 5.74) is 1.03. The zero-order chi connectivity index (χ0) is 17.8. The number of nitrogens with zero attached hydrogens (tertiary/aromatic N) is 2. The molecule has 0 bridgehead atoms. The van der Waals surface area contributed by atoms with Crippen LogP contribution in [0.15, 0.2) is 48.5 Å². The summed E-state index contributed by atoms with van der Waals surface area (Å²) in [6, 6.07) is 10.9. The molecule has 0 saturated carbocycles. The third-order valence-corrected chi connectivity index (χ3v) is 6.49. The van der Waals surface area contributed by atoms with Crippen molar-refractivity contribution in [3.05, 3.63) is 59.4 Å². The quantitative estimate of drug-likeness (QED) is 0.752. The summed E-state index contributed by atoms with van der Waals surface area (Å²) < 4.78 is 37.6. The molecule has 2 heterocycles. The fourth-order valence-corrected chi connectivity index (χ4v) is 5.64. The van der Waals surface area contributed by atoms with Gasteiger partial charge in [0.05, 0.1) is 23.6 Å². The summed E-state index contributed by atoms with van der Waals surface area (Å²) >= 11 is 6.03. The number of rotatable bonds is 2. The molecule has 2 aliphatic heterocycles. The van der Waals surface area contributed by atoms with E-state index in [0.717, 1.165) is 0 Å². The molecule has 8 heteroatoms. The number of halogens is 2. The number of urea groups is 1.